The van der Waals surface area contributed by atoms with Gasteiger partial charge in [0.25, 0.3) is 0 Å². The van der Waals surface area contributed by atoms with E-state index in [1.165, 1.54) is 6.92 Å². The van der Waals surface area contributed by atoms with Gasteiger partial charge in [0.2, 0.25) is 0 Å². The molecule has 0 aromatic rings. The molecule has 10 heavy (non-hydrogen) atoms. The first-order valence-electron chi connectivity index (χ1n) is 1.56. The van der Waals surface area contributed by atoms with Gasteiger partial charge < -0.3 is 21.5 Å². The van der Waals surface area contributed by atoms with E-state index in [0.717, 1.165) is 0 Å². The van der Waals surface area contributed by atoms with Gasteiger partial charge in [0.15, 0.2) is 0 Å². The zero-order valence-electron chi connectivity index (χ0n) is 5.77. The van der Waals surface area contributed by atoms with E-state index < -0.39 is 5.91 Å². The first-order chi connectivity index (χ1) is 2.64. The van der Waals surface area contributed by atoms with Gasteiger partial charge in [0, 0.05) is 65.4 Å². The molecule has 0 aliphatic heterocycles. The molecule has 0 fully saturated rings. The Balaban J connectivity index is -0.0000000208. The molecular weight excluding hydrogens is 288 g/mol. The van der Waals surface area contributed by atoms with Crippen LogP contribution in [0.15, 0.2) is 12.2 Å². The number of nitrogens with one attached hydrogen (secondary N) is 1. The smallest absolute Gasteiger partial charge is 0.0746 e. The minimum Gasteiger partial charge on any atom is -0.664 e. The second-order valence-corrected chi connectivity index (χ2v) is 1.11. The van der Waals surface area contributed by atoms with Crippen LogP contribution >= 0.6 is 0 Å². The molecular formula is C4H10NO3Y2-. The molecule has 0 bridgehead atoms. The summed E-state index contributed by atoms with van der Waals surface area (Å²) in [6.07, 6.45) is 0. The SMILES string of the molecule is C=C(C)C([NH-])=O.O.O.[Y].[Y]. The Bertz CT molecular complexity index is 84.5. The predicted octanol–water partition coefficient (Wildman–Crippen LogP) is -0.513. The number of carbonyl (C=O) groups excluding carboxylic acids is 1. The van der Waals surface area contributed by atoms with Gasteiger partial charge in [0.1, 0.15) is 0 Å². The molecule has 5 N–H and O–H groups in total. The molecule has 0 rings (SSSR count). The maximum absolute atomic E-state index is 9.71. The summed E-state index contributed by atoms with van der Waals surface area (Å²) in [4.78, 5) is 9.71. The average Bonchev–Trinajstić information content (AvgIpc) is 1.36. The van der Waals surface area contributed by atoms with Gasteiger partial charge in [0.05, 0.1) is 5.91 Å². The van der Waals surface area contributed by atoms with Crippen molar-refractivity contribution in [2.75, 3.05) is 0 Å². The van der Waals surface area contributed by atoms with Crippen molar-refractivity contribution < 1.29 is 81.2 Å². The van der Waals surface area contributed by atoms with Gasteiger partial charge in [-0.3, -0.25) is 0 Å². The molecule has 0 aliphatic carbocycles. The fraction of sp³-hybridized carbons (Fsp3) is 0.250. The van der Waals surface area contributed by atoms with Crippen molar-refractivity contribution in [1.29, 1.82) is 0 Å². The van der Waals surface area contributed by atoms with Crippen molar-refractivity contribution in [3.8, 4) is 0 Å². The van der Waals surface area contributed by atoms with E-state index in [2.05, 4.69) is 6.58 Å². The predicted molar refractivity (Wildman–Crippen MR) is 31.4 cm³/mol. The van der Waals surface area contributed by atoms with Crippen molar-refractivity contribution in [3.63, 3.8) is 0 Å². The zero-order valence-corrected chi connectivity index (χ0v) is 11.4. The minimum absolute atomic E-state index is 0. The fourth-order valence-corrected chi connectivity index (χ4v) is 0. The van der Waals surface area contributed by atoms with E-state index in [-0.39, 0.29) is 81.9 Å². The summed E-state index contributed by atoms with van der Waals surface area (Å²) in [5.74, 6) is -0.685. The summed E-state index contributed by atoms with van der Waals surface area (Å²) in [6.45, 7) is 4.73. The molecule has 1 amide bonds. The van der Waals surface area contributed by atoms with E-state index in [0.29, 0.717) is 0 Å². The summed E-state index contributed by atoms with van der Waals surface area (Å²) < 4.78 is 0. The van der Waals surface area contributed by atoms with Crippen molar-refractivity contribution in [1.82, 2.24) is 0 Å². The Labute approximate surface area is 110 Å². The Morgan fingerprint density at radius 3 is 1.40 bits per heavy atom. The Kier molecular flexibility index (Phi) is 50.5. The van der Waals surface area contributed by atoms with Gasteiger partial charge in [-0.15, -0.1) is 0 Å². The third-order valence-corrected chi connectivity index (χ3v) is 0.388. The van der Waals surface area contributed by atoms with Crippen molar-refractivity contribution in [2.24, 2.45) is 0 Å². The van der Waals surface area contributed by atoms with Crippen LogP contribution in [0.3, 0.4) is 0 Å². The number of rotatable bonds is 1. The van der Waals surface area contributed by atoms with Gasteiger partial charge in [-0.1, -0.05) is 6.58 Å². The molecule has 0 aromatic heterocycles. The van der Waals surface area contributed by atoms with Crippen molar-refractivity contribution in [3.05, 3.63) is 17.9 Å². The third kappa shape index (κ3) is 22.8. The second kappa shape index (κ2) is 16.7. The fourth-order valence-electron chi connectivity index (χ4n) is 0. The number of hydrogen-bond donors (Lipinski definition) is 0. The molecule has 4 nitrogen and oxygen atoms in total. The molecule has 0 atom stereocenters. The molecule has 0 spiro atoms. The number of amides is 1. The summed E-state index contributed by atoms with van der Waals surface area (Å²) >= 11 is 0. The van der Waals surface area contributed by atoms with Crippen LogP contribution in [0.25, 0.3) is 5.73 Å². The van der Waals surface area contributed by atoms with Gasteiger partial charge in [-0.25, -0.2) is 0 Å². The minimum atomic E-state index is -0.685. The standard InChI is InChI=1S/C4H7NO.2H2O.2Y/c1-3(2)4(5)6;;;;/h1H2,2H3,(H2,5,6);2*1H2;;/p-1. The summed E-state index contributed by atoms with van der Waals surface area (Å²) in [5, 5.41) is 0. The van der Waals surface area contributed by atoms with Crippen LogP contribution < -0.4 is 0 Å². The van der Waals surface area contributed by atoms with Crippen molar-refractivity contribution in [2.45, 2.75) is 6.92 Å². The molecule has 0 saturated carbocycles. The van der Waals surface area contributed by atoms with Crippen molar-refractivity contribution >= 4 is 5.91 Å². The monoisotopic (exact) mass is 298 g/mol. The molecule has 0 heterocycles. The molecule has 0 unspecified atom stereocenters. The van der Waals surface area contributed by atoms with E-state index in [9.17, 15) is 4.79 Å². The number of carbonyl (C=O) groups is 1. The molecule has 6 heteroatoms. The van der Waals surface area contributed by atoms with E-state index in [1.807, 2.05) is 0 Å². The third-order valence-electron chi connectivity index (χ3n) is 0.388. The quantitative estimate of drug-likeness (QED) is 0.597. The summed E-state index contributed by atoms with van der Waals surface area (Å²) in [6, 6.07) is 0. The molecule has 0 aromatic carbocycles. The van der Waals surface area contributed by atoms with Crippen LogP contribution in [-0.2, 0) is 70.2 Å². The van der Waals surface area contributed by atoms with E-state index in [1.54, 1.807) is 0 Å². The first-order valence-corrected chi connectivity index (χ1v) is 1.56. The Morgan fingerprint density at radius 1 is 1.30 bits per heavy atom. The van der Waals surface area contributed by atoms with Gasteiger partial charge in [-0.05, 0) is 12.5 Å². The largest absolute Gasteiger partial charge is 0.664 e. The van der Waals surface area contributed by atoms with Crippen LogP contribution in [0, 0.1) is 0 Å². The maximum atomic E-state index is 9.71. The molecule has 2 radical (unpaired) electrons. The Hall–Kier alpha value is 1.34. The van der Waals surface area contributed by atoms with Crippen LogP contribution in [0.4, 0.5) is 0 Å². The summed E-state index contributed by atoms with van der Waals surface area (Å²) in [7, 11) is 0. The zero-order chi connectivity index (χ0) is 5.15. The summed E-state index contributed by atoms with van der Waals surface area (Å²) in [5.41, 5.74) is 6.58. The molecule has 0 saturated heterocycles. The van der Waals surface area contributed by atoms with E-state index >= 15 is 0 Å². The average molecular weight is 298 g/mol. The second-order valence-electron chi connectivity index (χ2n) is 1.11. The maximum Gasteiger partial charge on any atom is 0.0746 e. The number of hydrogen-bond acceptors (Lipinski definition) is 1. The van der Waals surface area contributed by atoms with Crippen LogP contribution in [0.1, 0.15) is 6.92 Å². The molecule has 0 aliphatic rings. The van der Waals surface area contributed by atoms with Crippen LogP contribution in [0.2, 0.25) is 0 Å². The van der Waals surface area contributed by atoms with E-state index in [4.69, 9.17) is 5.73 Å². The Morgan fingerprint density at radius 2 is 1.40 bits per heavy atom. The van der Waals surface area contributed by atoms with Gasteiger partial charge >= 0.3 is 0 Å². The van der Waals surface area contributed by atoms with Crippen LogP contribution in [-0.4, -0.2) is 16.9 Å². The topological polar surface area (TPSA) is 104 Å². The van der Waals surface area contributed by atoms with Gasteiger partial charge in [-0.2, -0.15) is 0 Å². The normalized spacial score (nSPS) is 4.50. The van der Waals surface area contributed by atoms with Crippen LogP contribution in [0.5, 0.6) is 0 Å². The molecule has 56 valence electrons. The first kappa shape index (κ1) is 30.2.